The minimum absolute atomic E-state index is 0.133. The first kappa shape index (κ1) is 19.9. The number of nitrogens with zero attached hydrogens (tertiary/aromatic N) is 1. The summed E-state index contributed by atoms with van der Waals surface area (Å²) in [7, 11) is 0. The first-order valence-corrected chi connectivity index (χ1v) is 9.38. The van der Waals surface area contributed by atoms with Gasteiger partial charge in [0.15, 0.2) is 5.69 Å². The molecule has 0 bridgehead atoms. The topological polar surface area (TPSA) is 51.2 Å². The van der Waals surface area contributed by atoms with E-state index in [9.17, 15) is 18.0 Å². The van der Waals surface area contributed by atoms with Gasteiger partial charge < -0.3 is 10.1 Å². The maximum Gasteiger partial charge on any atom is 0.435 e. The van der Waals surface area contributed by atoms with Crippen molar-refractivity contribution in [2.75, 3.05) is 11.9 Å². The van der Waals surface area contributed by atoms with Crippen molar-refractivity contribution in [1.29, 1.82) is 0 Å². The Morgan fingerprint density at radius 3 is 2.46 bits per heavy atom. The van der Waals surface area contributed by atoms with Gasteiger partial charge in [-0.05, 0) is 18.6 Å². The number of anilines is 1. The summed E-state index contributed by atoms with van der Waals surface area (Å²) in [6.45, 7) is 2.36. The van der Waals surface area contributed by atoms with Crippen LogP contribution >= 0.6 is 11.3 Å². The molecule has 1 heterocycles. The predicted molar refractivity (Wildman–Crippen MR) is 103 cm³/mol. The summed E-state index contributed by atoms with van der Waals surface area (Å²) in [5.41, 5.74) is -0.367. The minimum atomic E-state index is -4.74. The Balaban J connectivity index is 1.95. The van der Waals surface area contributed by atoms with Gasteiger partial charge in [-0.25, -0.2) is 4.98 Å². The number of hydrogen-bond donors (Lipinski definition) is 1. The SMILES string of the molecule is CCCOc1ccccc1NC(=O)c1sc(-c2ccccc2)nc1C(F)(F)F. The predicted octanol–water partition coefficient (Wildman–Crippen LogP) is 5.87. The molecule has 2 aromatic carbocycles. The van der Waals surface area contributed by atoms with Gasteiger partial charge in [-0.3, -0.25) is 4.79 Å². The van der Waals surface area contributed by atoms with Crippen molar-refractivity contribution >= 4 is 22.9 Å². The molecule has 28 heavy (non-hydrogen) atoms. The van der Waals surface area contributed by atoms with Crippen molar-refractivity contribution in [3.63, 3.8) is 0 Å². The van der Waals surface area contributed by atoms with Gasteiger partial charge in [0.1, 0.15) is 15.6 Å². The van der Waals surface area contributed by atoms with Gasteiger partial charge in [-0.15, -0.1) is 11.3 Å². The number of para-hydroxylation sites is 2. The van der Waals surface area contributed by atoms with Crippen LogP contribution in [0.3, 0.4) is 0 Å². The number of rotatable bonds is 6. The third-order valence-electron chi connectivity index (χ3n) is 3.72. The van der Waals surface area contributed by atoms with E-state index in [2.05, 4.69) is 10.3 Å². The average Bonchev–Trinajstić information content (AvgIpc) is 3.14. The molecule has 0 atom stereocenters. The van der Waals surface area contributed by atoms with Crippen molar-refractivity contribution in [2.45, 2.75) is 19.5 Å². The molecule has 0 saturated heterocycles. The van der Waals surface area contributed by atoms with Crippen LogP contribution in [-0.4, -0.2) is 17.5 Å². The molecular formula is C20H17F3N2O2S. The second-order valence-electron chi connectivity index (χ2n) is 5.86. The van der Waals surface area contributed by atoms with E-state index in [0.29, 0.717) is 34.9 Å². The van der Waals surface area contributed by atoms with Crippen molar-refractivity contribution in [3.05, 3.63) is 65.2 Å². The fourth-order valence-corrected chi connectivity index (χ4v) is 3.44. The number of hydrogen-bond acceptors (Lipinski definition) is 4. The van der Waals surface area contributed by atoms with E-state index < -0.39 is 22.7 Å². The van der Waals surface area contributed by atoms with Gasteiger partial charge in [0.05, 0.1) is 12.3 Å². The van der Waals surface area contributed by atoms with Crippen molar-refractivity contribution in [2.24, 2.45) is 0 Å². The molecule has 0 unspecified atom stereocenters. The number of nitrogens with one attached hydrogen (secondary N) is 1. The fourth-order valence-electron chi connectivity index (χ4n) is 2.46. The molecule has 0 aliphatic carbocycles. The molecule has 0 aliphatic heterocycles. The molecule has 1 amide bonds. The van der Waals surface area contributed by atoms with Crippen LogP contribution in [-0.2, 0) is 6.18 Å². The van der Waals surface area contributed by atoms with E-state index in [1.807, 2.05) is 6.92 Å². The normalized spacial score (nSPS) is 11.3. The zero-order chi connectivity index (χ0) is 20.1. The van der Waals surface area contributed by atoms with E-state index in [1.54, 1.807) is 54.6 Å². The Morgan fingerprint density at radius 1 is 1.11 bits per heavy atom. The molecule has 0 spiro atoms. The molecule has 0 fully saturated rings. The first-order valence-electron chi connectivity index (χ1n) is 8.56. The second kappa shape index (κ2) is 8.43. The Hall–Kier alpha value is -2.87. The molecule has 4 nitrogen and oxygen atoms in total. The van der Waals surface area contributed by atoms with E-state index in [1.165, 1.54) is 0 Å². The molecule has 0 radical (unpaired) electrons. The maximum atomic E-state index is 13.5. The van der Waals surface area contributed by atoms with Gasteiger partial charge in [-0.1, -0.05) is 49.4 Å². The van der Waals surface area contributed by atoms with Crippen molar-refractivity contribution in [3.8, 4) is 16.3 Å². The Kier molecular flexibility index (Phi) is 5.99. The number of carbonyl (C=O) groups excluding carboxylic acids is 1. The number of alkyl halides is 3. The summed E-state index contributed by atoms with van der Waals surface area (Å²) in [4.78, 5) is 15.9. The highest BCUT2D eigenvalue weighted by atomic mass is 32.1. The Morgan fingerprint density at radius 2 is 1.79 bits per heavy atom. The number of halogens is 3. The van der Waals surface area contributed by atoms with Gasteiger partial charge in [0, 0.05) is 5.56 Å². The zero-order valence-corrected chi connectivity index (χ0v) is 15.7. The van der Waals surface area contributed by atoms with Crippen LogP contribution in [0.25, 0.3) is 10.6 Å². The van der Waals surface area contributed by atoms with E-state index in [-0.39, 0.29) is 5.01 Å². The highest BCUT2D eigenvalue weighted by Crippen LogP contribution is 2.38. The summed E-state index contributed by atoms with van der Waals surface area (Å²) in [5, 5.41) is 2.65. The van der Waals surface area contributed by atoms with Crippen LogP contribution in [0.5, 0.6) is 5.75 Å². The molecule has 1 aromatic heterocycles. The Labute approximate surface area is 164 Å². The third kappa shape index (κ3) is 4.51. The molecule has 1 N–H and O–H groups in total. The lowest BCUT2D eigenvalue weighted by Gasteiger charge is -2.12. The lowest BCUT2D eigenvalue weighted by Crippen LogP contribution is -2.17. The van der Waals surface area contributed by atoms with E-state index in [4.69, 9.17) is 4.74 Å². The lowest BCUT2D eigenvalue weighted by atomic mass is 10.2. The van der Waals surface area contributed by atoms with Crippen LogP contribution in [0.4, 0.5) is 18.9 Å². The quantitative estimate of drug-likeness (QED) is 0.557. The van der Waals surface area contributed by atoms with Gasteiger partial charge in [0.2, 0.25) is 0 Å². The summed E-state index contributed by atoms with van der Waals surface area (Å²) >= 11 is 0.707. The highest BCUT2D eigenvalue weighted by Gasteiger charge is 2.39. The average molecular weight is 406 g/mol. The summed E-state index contributed by atoms with van der Waals surface area (Å²) in [5.74, 6) is -0.474. The molecule has 0 aliphatic rings. The number of thiazole rings is 1. The Bertz CT molecular complexity index is 956. The van der Waals surface area contributed by atoms with E-state index in [0.717, 1.165) is 6.42 Å². The van der Waals surface area contributed by atoms with Gasteiger partial charge >= 0.3 is 6.18 Å². The van der Waals surface area contributed by atoms with E-state index >= 15 is 0 Å². The van der Waals surface area contributed by atoms with Gasteiger partial charge in [0.25, 0.3) is 5.91 Å². The monoisotopic (exact) mass is 406 g/mol. The molecule has 146 valence electrons. The van der Waals surface area contributed by atoms with Crippen LogP contribution in [0, 0.1) is 0 Å². The summed E-state index contributed by atoms with van der Waals surface area (Å²) < 4.78 is 45.9. The fraction of sp³-hybridized carbons (Fsp3) is 0.200. The van der Waals surface area contributed by atoms with Crippen LogP contribution in [0.2, 0.25) is 0 Å². The molecule has 3 aromatic rings. The lowest BCUT2D eigenvalue weighted by molar-refractivity contribution is -0.140. The number of aromatic nitrogens is 1. The summed E-state index contributed by atoms with van der Waals surface area (Å²) in [6, 6.07) is 15.1. The standard InChI is InChI=1S/C20H17F3N2O2S/c1-2-12-27-15-11-7-6-10-14(15)24-18(26)16-17(20(21,22)23)25-19(28-16)13-8-4-3-5-9-13/h3-11H,2,12H2,1H3,(H,24,26). The van der Waals surface area contributed by atoms with Crippen molar-refractivity contribution < 1.29 is 22.7 Å². The number of amides is 1. The summed E-state index contributed by atoms with van der Waals surface area (Å²) in [6.07, 6.45) is -3.98. The van der Waals surface area contributed by atoms with Crippen LogP contribution in [0.15, 0.2) is 54.6 Å². The second-order valence-corrected chi connectivity index (χ2v) is 6.86. The number of carbonyl (C=O) groups is 1. The number of benzene rings is 2. The molecule has 3 rings (SSSR count). The highest BCUT2D eigenvalue weighted by molar-refractivity contribution is 7.17. The number of ether oxygens (including phenoxy) is 1. The van der Waals surface area contributed by atoms with Crippen LogP contribution < -0.4 is 10.1 Å². The van der Waals surface area contributed by atoms with Crippen LogP contribution in [0.1, 0.15) is 28.7 Å². The minimum Gasteiger partial charge on any atom is -0.491 e. The molecule has 8 heteroatoms. The maximum absolute atomic E-state index is 13.5. The third-order valence-corrected chi connectivity index (χ3v) is 4.82. The molecular weight excluding hydrogens is 389 g/mol. The largest absolute Gasteiger partial charge is 0.491 e. The smallest absolute Gasteiger partial charge is 0.435 e. The van der Waals surface area contributed by atoms with Gasteiger partial charge in [-0.2, -0.15) is 13.2 Å². The zero-order valence-electron chi connectivity index (χ0n) is 14.9. The first-order chi connectivity index (χ1) is 13.4. The molecule has 0 saturated carbocycles. The van der Waals surface area contributed by atoms with Crippen molar-refractivity contribution in [1.82, 2.24) is 4.98 Å².